The second kappa shape index (κ2) is 9.39. The SMILES string of the molecule is CSCCCCCCNS(=O)(=O)c1c(N)cc(Br)cc1Br. The first kappa shape index (κ1) is 19.3. The van der Waals surface area contributed by atoms with E-state index in [4.69, 9.17) is 5.73 Å². The highest BCUT2D eigenvalue weighted by atomic mass is 79.9. The van der Waals surface area contributed by atoms with Crippen molar-refractivity contribution in [2.45, 2.75) is 30.6 Å². The molecule has 1 aromatic carbocycles. The third-order valence-corrected chi connectivity index (χ3v) is 6.49. The van der Waals surface area contributed by atoms with Gasteiger partial charge >= 0.3 is 0 Å². The molecule has 0 radical (unpaired) electrons. The summed E-state index contributed by atoms with van der Waals surface area (Å²) < 4.78 is 28.4. The van der Waals surface area contributed by atoms with Gasteiger partial charge in [-0.3, -0.25) is 0 Å². The van der Waals surface area contributed by atoms with E-state index in [1.54, 1.807) is 12.1 Å². The predicted molar refractivity (Wildman–Crippen MR) is 98.3 cm³/mol. The van der Waals surface area contributed by atoms with Crippen LogP contribution in [0.3, 0.4) is 0 Å². The van der Waals surface area contributed by atoms with Crippen LogP contribution >= 0.6 is 43.6 Å². The van der Waals surface area contributed by atoms with Crippen molar-refractivity contribution in [2.75, 3.05) is 24.3 Å². The minimum Gasteiger partial charge on any atom is -0.398 e. The number of hydrogen-bond donors (Lipinski definition) is 2. The maximum Gasteiger partial charge on any atom is 0.243 e. The van der Waals surface area contributed by atoms with E-state index < -0.39 is 10.0 Å². The third kappa shape index (κ3) is 6.48. The number of hydrogen-bond acceptors (Lipinski definition) is 4. The summed E-state index contributed by atoms with van der Waals surface area (Å²) in [4.78, 5) is 0.105. The van der Waals surface area contributed by atoms with Crippen LogP contribution in [0, 0.1) is 0 Å². The van der Waals surface area contributed by atoms with Crippen molar-refractivity contribution in [3.8, 4) is 0 Å². The van der Waals surface area contributed by atoms with Crippen LogP contribution in [0.2, 0.25) is 0 Å². The summed E-state index contributed by atoms with van der Waals surface area (Å²) in [5.41, 5.74) is 6.04. The molecule has 0 bridgehead atoms. The molecule has 8 heteroatoms. The lowest BCUT2D eigenvalue weighted by Gasteiger charge is -2.11. The van der Waals surface area contributed by atoms with Crippen molar-refractivity contribution in [1.29, 1.82) is 0 Å². The van der Waals surface area contributed by atoms with Crippen molar-refractivity contribution in [1.82, 2.24) is 4.72 Å². The third-order valence-electron chi connectivity index (χ3n) is 2.87. The number of thioether (sulfide) groups is 1. The lowest BCUT2D eigenvalue weighted by atomic mass is 10.2. The molecule has 4 nitrogen and oxygen atoms in total. The molecule has 0 fully saturated rings. The van der Waals surface area contributed by atoms with Crippen LogP contribution in [0.5, 0.6) is 0 Å². The summed E-state index contributed by atoms with van der Waals surface area (Å²) in [7, 11) is -3.58. The Morgan fingerprint density at radius 1 is 1.19 bits per heavy atom. The Bertz CT molecular complexity index is 542. The Kier molecular flexibility index (Phi) is 8.63. The lowest BCUT2D eigenvalue weighted by molar-refractivity contribution is 0.574. The molecule has 0 saturated heterocycles. The van der Waals surface area contributed by atoms with Gasteiger partial charge < -0.3 is 5.73 Å². The molecule has 120 valence electrons. The number of anilines is 1. The molecule has 0 heterocycles. The highest BCUT2D eigenvalue weighted by Gasteiger charge is 2.20. The average molecular weight is 460 g/mol. The molecule has 21 heavy (non-hydrogen) atoms. The van der Waals surface area contributed by atoms with E-state index in [1.807, 2.05) is 11.8 Å². The monoisotopic (exact) mass is 458 g/mol. The maximum atomic E-state index is 12.3. The number of sulfonamides is 1. The molecule has 0 saturated carbocycles. The summed E-state index contributed by atoms with van der Waals surface area (Å²) in [5, 5.41) is 0. The molecule has 0 aliphatic carbocycles. The lowest BCUT2D eigenvalue weighted by Crippen LogP contribution is -2.26. The first-order chi connectivity index (χ1) is 9.88. The molecule has 0 amide bonds. The molecular formula is C13H20Br2N2O2S2. The minimum absolute atomic E-state index is 0.105. The van der Waals surface area contributed by atoms with Gasteiger partial charge in [0.05, 0.1) is 5.69 Å². The van der Waals surface area contributed by atoms with Gasteiger partial charge in [0.25, 0.3) is 0 Å². The van der Waals surface area contributed by atoms with Crippen LogP contribution < -0.4 is 10.5 Å². The van der Waals surface area contributed by atoms with Gasteiger partial charge in [-0.1, -0.05) is 28.8 Å². The van der Waals surface area contributed by atoms with Gasteiger partial charge in [-0.2, -0.15) is 11.8 Å². The number of benzene rings is 1. The molecule has 0 aliphatic rings. The van der Waals surface area contributed by atoms with E-state index in [1.165, 1.54) is 6.42 Å². The van der Waals surface area contributed by atoms with Crippen LogP contribution in [0.15, 0.2) is 26.0 Å². The van der Waals surface area contributed by atoms with Crippen LogP contribution in [0.1, 0.15) is 25.7 Å². The fraction of sp³-hybridized carbons (Fsp3) is 0.538. The molecule has 0 spiro atoms. The number of nitrogen functional groups attached to an aromatic ring is 1. The van der Waals surface area contributed by atoms with Crippen molar-refractivity contribution >= 4 is 59.3 Å². The first-order valence-corrected chi connectivity index (χ1v) is 11.1. The Hall–Kier alpha value is 0.240. The zero-order chi connectivity index (χ0) is 15.9. The summed E-state index contributed by atoms with van der Waals surface area (Å²) >= 11 is 8.37. The fourth-order valence-corrected chi connectivity index (χ4v) is 5.50. The van der Waals surface area contributed by atoms with Crippen molar-refractivity contribution in [2.24, 2.45) is 0 Å². The van der Waals surface area contributed by atoms with E-state index in [9.17, 15) is 8.42 Å². The van der Waals surface area contributed by atoms with Gasteiger partial charge in [0.1, 0.15) is 4.90 Å². The van der Waals surface area contributed by atoms with Crippen molar-refractivity contribution in [3.63, 3.8) is 0 Å². The van der Waals surface area contributed by atoms with Crippen molar-refractivity contribution in [3.05, 3.63) is 21.1 Å². The van der Waals surface area contributed by atoms with E-state index in [0.717, 1.165) is 29.5 Å². The topological polar surface area (TPSA) is 72.2 Å². The van der Waals surface area contributed by atoms with Crippen LogP contribution in [0.25, 0.3) is 0 Å². The second-order valence-corrected chi connectivity index (χ2v) is 9.07. The Morgan fingerprint density at radius 3 is 2.48 bits per heavy atom. The van der Waals surface area contributed by atoms with Gasteiger partial charge in [-0.25, -0.2) is 13.1 Å². The average Bonchev–Trinajstić information content (AvgIpc) is 2.35. The Labute approximate surface area is 147 Å². The van der Waals surface area contributed by atoms with Crippen LogP contribution in [0.4, 0.5) is 5.69 Å². The molecule has 1 aromatic rings. The van der Waals surface area contributed by atoms with Gasteiger partial charge in [0.2, 0.25) is 10.0 Å². The largest absolute Gasteiger partial charge is 0.398 e. The summed E-state index contributed by atoms with van der Waals surface area (Å²) in [6.07, 6.45) is 6.27. The quantitative estimate of drug-likeness (QED) is 0.432. The van der Waals surface area contributed by atoms with Gasteiger partial charge in [-0.05, 0) is 52.9 Å². The van der Waals surface area contributed by atoms with E-state index in [-0.39, 0.29) is 10.6 Å². The van der Waals surface area contributed by atoms with Crippen molar-refractivity contribution < 1.29 is 8.42 Å². The minimum atomic E-state index is -3.58. The summed E-state index contributed by atoms with van der Waals surface area (Å²) in [6, 6.07) is 3.26. The number of unbranched alkanes of at least 4 members (excludes halogenated alkanes) is 3. The smallest absolute Gasteiger partial charge is 0.243 e. The van der Waals surface area contributed by atoms with Crippen LogP contribution in [-0.2, 0) is 10.0 Å². The Morgan fingerprint density at radius 2 is 1.86 bits per heavy atom. The number of rotatable bonds is 9. The van der Waals surface area contributed by atoms with E-state index in [2.05, 4.69) is 42.8 Å². The molecule has 1 rings (SSSR count). The van der Waals surface area contributed by atoms with E-state index >= 15 is 0 Å². The molecular weight excluding hydrogens is 440 g/mol. The highest BCUT2D eigenvalue weighted by molar-refractivity contribution is 9.11. The zero-order valence-electron chi connectivity index (χ0n) is 11.9. The number of halogens is 2. The van der Waals surface area contributed by atoms with E-state index in [0.29, 0.717) is 11.0 Å². The standard InChI is InChI=1S/C13H20Br2N2O2S2/c1-20-7-5-3-2-4-6-17-21(18,19)13-11(15)8-10(14)9-12(13)16/h8-9,17H,2-7,16H2,1H3. The molecule has 0 atom stereocenters. The molecule has 0 aromatic heterocycles. The second-order valence-electron chi connectivity index (χ2n) is 4.61. The van der Waals surface area contributed by atoms with Gasteiger partial charge in [-0.15, -0.1) is 0 Å². The highest BCUT2D eigenvalue weighted by Crippen LogP contribution is 2.31. The summed E-state index contributed by atoms with van der Waals surface area (Å²) in [6.45, 7) is 0.434. The number of nitrogens with two attached hydrogens (primary N) is 1. The zero-order valence-corrected chi connectivity index (χ0v) is 16.7. The van der Waals surface area contributed by atoms with Crippen LogP contribution in [-0.4, -0.2) is 27.0 Å². The van der Waals surface area contributed by atoms with Gasteiger partial charge in [0, 0.05) is 15.5 Å². The first-order valence-electron chi connectivity index (χ1n) is 6.61. The molecule has 0 unspecified atom stereocenters. The predicted octanol–water partition coefficient (Wildman–Crippen LogP) is 4.00. The maximum absolute atomic E-state index is 12.3. The Balaban J connectivity index is 2.55. The number of nitrogens with one attached hydrogen (secondary N) is 1. The molecule has 0 aliphatic heterocycles. The summed E-state index contributed by atoms with van der Waals surface area (Å²) in [5.74, 6) is 1.16. The van der Waals surface area contributed by atoms with Gasteiger partial charge in [0.15, 0.2) is 0 Å². The molecule has 3 N–H and O–H groups in total. The normalized spacial score (nSPS) is 11.8. The fourth-order valence-electron chi connectivity index (χ4n) is 1.87.